The summed E-state index contributed by atoms with van der Waals surface area (Å²) in [6.45, 7) is 1.56. The third-order valence-corrected chi connectivity index (χ3v) is 4.90. The number of rotatable bonds is 2. The fraction of sp³-hybridized carbons (Fsp3) is 0.167. The highest BCUT2D eigenvalue weighted by Crippen LogP contribution is 2.37. The van der Waals surface area contributed by atoms with Gasteiger partial charge in [-0.25, -0.2) is 4.39 Å². The van der Waals surface area contributed by atoms with E-state index in [2.05, 4.69) is 15.9 Å². The Kier molecular flexibility index (Phi) is 3.59. The number of benzene rings is 1. The van der Waals surface area contributed by atoms with Crippen molar-refractivity contribution in [2.45, 2.75) is 12.5 Å². The standard InChI is InChI=1S/C12H9BrClFOS/c1-12(16,9-3-2-6-17-9)7-4-5-8(13)10(14)11(7)15/h2-6,16H,1H3. The summed E-state index contributed by atoms with van der Waals surface area (Å²) < 4.78 is 14.5. The summed E-state index contributed by atoms with van der Waals surface area (Å²) in [5.74, 6) is -0.598. The zero-order valence-electron chi connectivity index (χ0n) is 8.88. The van der Waals surface area contributed by atoms with Crippen LogP contribution in [0.2, 0.25) is 5.02 Å². The molecule has 0 radical (unpaired) electrons. The molecule has 1 N–H and O–H groups in total. The molecule has 0 saturated carbocycles. The molecule has 17 heavy (non-hydrogen) atoms. The van der Waals surface area contributed by atoms with Gasteiger partial charge in [-0.1, -0.05) is 23.7 Å². The first-order valence-corrected chi connectivity index (χ1v) is 6.90. The fourth-order valence-corrected chi connectivity index (χ4v) is 2.86. The topological polar surface area (TPSA) is 20.2 Å². The van der Waals surface area contributed by atoms with Crippen molar-refractivity contribution in [2.75, 3.05) is 0 Å². The van der Waals surface area contributed by atoms with E-state index in [1.54, 1.807) is 19.1 Å². The minimum Gasteiger partial charge on any atom is -0.380 e. The zero-order valence-corrected chi connectivity index (χ0v) is 12.0. The second-order valence-corrected chi connectivity index (χ2v) is 5.95. The summed E-state index contributed by atoms with van der Waals surface area (Å²) in [4.78, 5) is 0.676. The first-order chi connectivity index (χ1) is 7.94. The number of hydrogen-bond acceptors (Lipinski definition) is 2. The van der Waals surface area contributed by atoms with Gasteiger partial charge < -0.3 is 5.11 Å². The first kappa shape index (κ1) is 13.0. The Bertz CT molecular complexity index is 540. The van der Waals surface area contributed by atoms with E-state index in [0.717, 1.165) is 0 Å². The van der Waals surface area contributed by atoms with Gasteiger partial charge in [0.15, 0.2) is 0 Å². The highest BCUT2D eigenvalue weighted by molar-refractivity contribution is 9.10. The SMILES string of the molecule is CC(O)(c1cccs1)c1ccc(Br)c(Cl)c1F. The van der Waals surface area contributed by atoms with Crippen LogP contribution in [0.5, 0.6) is 0 Å². The van der Waals surface area contributed by atoms with E-state index in [9.17, 15) is 9.50 Å². The number of thiophene rings is 1. The second-order valence-electron chi connectivity index (χ2n) is 3.77. The van der Waals surface area contributed by atoms with Crippen molar-refractivity contribution in [2.24, 2.45) is 0 Å². The Morgan fingerprint density at radius 3 is 2.71 bits per heavy atom. The van der Waals surface area contributed by atoms with Crippen LogP contribution < -0.4 is 0 Å². The maximum absolute atomic E-state index is 14.0. The van der Waals surface area contributed by atoms with Gasteiger partial charge in [-0.3, -0.25) is 0 Å². The van der Waals surface area contributed by atoms with Crippen molar-refractivity contribution < 1.29 is 9.50 Å². The van der Waals surface area contributed by atoms with Crippen LogP contribution in [-0.4, -0.2) is 5.11 Å². The van der Waals surface area contributed by atoms with Crippen molar-refractivity contribution in [3.05, 3.63) is 55.4 Å². The largest absolute Gasteiger partial charge is 0.380 e. The Morgan fingerprint density at radius 1 is 1.41 bits per heavy atom. The van der Waals surface area contributed by atoms with E-state index in [1.165, 1.54) is 17.4 Å². The van der Waals surface area contributed by atoms with Gasteiger partial charge in [0.05, 0.1) is 5.02 Å². The summed E-state index contributed by atoms with van der Waals surface area (Å²) >= 11 is 10.3. The summed E-state index contributed by atoms with van der Waals surface area (Å²) in [5, 5.41) is 12.3. The lowest BCUT2D eigenvalue weighted by Gasteiger charge is -2.23. The molecule has 2 rings (SSSR count). The molecule has 1 nitrogen and oxygen atoms in total. The normalized spacial score (nSPS) is 14.6. The molecule has 2 aromatic rings. The van der Waals surface area contributed by atoms with E-state index in [4.69, 9.17) is 11.6 Å². The fourth-order valence-electron chi connectivity index (χ4n) is 1.59. The number of hydrogen-bond donors (Lipinski definition) is 1. The Morgan fingerprint density at radius 2 is 2.12 bits per heavy atom. The molecule has 0 amide bonds. The molecule has 0 fully saturated rings. The predicted molar refractivity (Wildman–Crippen MR) is 72.1 cm³/mol. The van der Waals surface area contributed by atoms with Crippen molar-refractivity contribution in [3.63, 3.8) is 0 Å². The Hall–Kier alpha value is -0.420. The van der Waals surface area contributed by atoms with Crippen LogP contribution in [0, 0.1) is 5.82 Å². The molecule has 0 aliphatic heterocycles. The van der Waals surface area contributed by atoms with Gasteiger partial charge in [0.1, 0.15) is 11.4 Å². The summed E-state index contributed by atoms with van der Waals surface area (Å²) in [5.41, 5.74) is -1.20. The molecule has 1 aromatic carbocycles. The third-order valence-electron chi connectivity index (χ3n) is 2.56. The maximum Gasteiger partial charge on any atom is 0.149 e. The monoisotopic (exact) mass is 334 g/mol. The van der Waals surface area contributed by atoms with Crippen molar-refractivity contribution in [1.29, 1.82) is 0 Å². The second kappa shape index (κ2) is 4.69. The summed E-state index contributed by atoms with van der Waals surface area (Å²) in [6, 6.07) is 6.74. The van der Waals surface area contributed by atoms with Crippen LogP contribution >= 0.6 is 38.9 Å². The molecule has 0 bridgehead atoms. The minimum absolute atomic E-state index is 0.0145. The lowest BCUT2D eigenvalue weighted by atomic mass is 9.94. The molecule has 0 aliphatic rings. The average molecular weight is 336 g/mol. The third kappa shape index (κ3) is 2.27. The van der Waals surface area contributed by atoms with E-state index in [-0.39, 0.29) is 10.6 Å². The highest BCUT2D eigenvalue weighted by atomic mass is 79.9. The zero-order chi connectivity index (χ0) is 12.6. The lowest BCUT2D eigenvalue weighted by Crippen LogP contribution is -2.23. The van der Waals surface area contributed by atoms with Gasteiger partial charge in [0, 0.05) is 14.9 Å². The van der Waals surface area contributed by atoms with Crippen LogP contribution in [0.1, 0.15) is 17.4 Å². The van der Waals surface area contributed by atoms with Crippen LogP contribution in [0.3, 0.4) is 0 Å². The average Bonchev–Trinajstić information content (AvgIpc) is 2.79. The molecule has 1 unspecified atom stereocenters. The van der Waals surface area contributed by atoms with E-state index >= 15 is 0 Å². The van der Waals surface area contributed by atoms with Crippen LogP contribution in [-0.2, 0) is 5.60 Å². The van der Waals surface area contributed by atoms with Gasteiger partial charge in [0.25, 0.3) is 0 Å². The van der Waals surface area contributed by atoms with Gasteiger partial charge >= 0.3 is 0 Å². The Balaban J connectivity index is 2.58. The molecule has 0 saturated heterocycles. The van der Waals surface area contributed by atoms with Crippen molar-refractivity contribution >= 4 is 38.9 Å². The molecular formula is C12H9BrClFOS. The van der Waals surface area contributed by atoms with Gasteiger partial charge in [-0.15, -0.1) is 11.3 Å². The van der Waals surface area contributed by atoms with E-state index in [0.29, 0.717) is 9.35 Å². The van der Waals surface area contributed by atoms with Gasteiger partial charge in [-0.05, 0) is 40.4 Å². The van der Waals surface area contributed by atoms with E-state index < -0.39 is 11.4 Å². The van der Waals surface area contributed by atoms with Crippen LogP contribution in [0.4, 0.5) is 4.39 Å². The Labute approximate surface area is 116 Å². The van der Waals surface area contributed by atoms with Gasteiger partial charge in [0.2, 0.25) is 0 Å². The van der Waals surface area contributed by atoms with Gasteiger partial charge in [-0.2, -0.15) is 0 Å². The van der Waals surface area contributed by atoms with Crippen LogP contribution in [0.25, 0.3) is 0 Å². The first-order valence-electron chi connectivity index (χ1n) is 4.85. The van der Waals surface area contributed by atoms with Crippen molar-refractivity contribution in [1.82, 2.24) is 0 Å². The minimum atomic E-state index is -1.37. The van der Waals surface area contributed by atoms with E-state index in [1.807, 2.05) is 11.4 Å². The number of halogens is 3. The molecule has 90 valence electrons. The summed E-state index contributed by atoms with van der Waals surface area (Å²) in [7, 11) is 0. The molecule has 0 spiro atoms. The molecule has 5 heteroatoms. The van der Waals surface area contributed by atoms with Crippen molar-refractivity contribution in [3.8, 4) is 0 Å². The maximum atomic E-state index is 14.0. The molecule has 1 heterocycles. The molecule has 1 atom stereocenters. The molecular weight excluding hydrogens is 327 g/mol. The predicted octanol–water partition coefficient (Wildman–Crippen LogP) is 4.56. The van der Waals surface area contributed by atoms with Crippen LogP contribution in [0.15, 0.2) is 34.1 Å². The summed E-state index contributed by atoms with van der Waals surface area (Å²) in [6.07, 6.45) is 0. The highest BCUT2D eigenvalue weighted by Gasteiger charge is 2.31. The number of aliphatic hydroxyl groups is 1. The molecule has 0 aliphatic carbocycles. The lowest BCUT2D eigenvalue weighted by molar-refractivity contribution is 0.102. The smallest absolute Gasteiger partial charge is 0.149 e. The quantitative estimate of drug-likeness (QED) is 0.798. The molecule has 1 aromatic heterocycles.